The topological polar surface area (TPSA) is 79.0 Å². The van der Waals surface area contributed by atoms with Crippen LogP contribution in [0.5, 0.6) is 0 Å². The summed E-state index contributed by atoms with van der Waals surface area (Å²) in [6.45, 7) is 1.84. The van der Waals surface area contributed by atoms with E-state index in [2.05, 4.69) is 4.52 Å². The molecule has 7 heteroatoms. The minimum Gasteiger partial charge on any atom is -0.314 e. The summed E-state index contributed by atoms with van der Waals surface area (Å²) in [5.41, 5.74) is 5.40. The van der Waals surface area contributed by atoms with Gasteiger partial charge in [-0.05, 0) is 0 Å². The summed E-state index contributed by atoms with van der Waals surface area (Å²) in [4.78, 5) is 0. The lowest BCUT2D eigenvalue weighted by molar-refractivity contribution is -0.109. The van der Waals surface area contributed by atoms with Crippen LogP contribution in [0.1, 0.15) is 0 Å². The molecule has 3 N–H and O–H groups in total. The normalized spacial score (nSPS) is 26.9. The van der Waals surface area contributed by atoms with Gasteiger partial charge in [-0.25, -0.2) is 10.2 Å². The molecule has 0 aliphatic carbocycles. The first-order valence-corrected chi connectivity index (χ1v) is 5.34. The lowest BCUT2D eigenvalue weighted by atomic mass is 10.4. The highest BCUT2D eigenvalue weighted by molar-refractivity contribution is 7.53. The second kappa shape index (κ2) is 3.83. The lowest BCUT2D eigenvalue weighted by Crippen LogP contribution is -2.44. The largest absolute Gasteiger partial charge is 0.340 e. The van der Waals surface area contributed by atoms with Crippen molar-refractivity contribution < 1.29 is 14.3 Å². The minimum absolute atomic E-state index is 0.449. The highest BCUT2D eigenvalue weighted by Gasteiger charge is 2.29. The first-order valence-electron chi connectivity index (χ1n) is 3.70. The van der Waals surface area contributed by atoms with Crippen molar-refractivity contribution in [3.05, 3.63) is 0 Å². The van der Waals surface area contributed by atoms with E-state index in [1.165, 1.54) is 12.2 Å². The summed E-state index contributed by atoms with van der Waals surface area (Å²) in [7, 11) is -1.75. The van der Waals surface area contributed by atoms with Crippen molar-refractivity contribution in [2.75, 3.05) is 33.3 Å². The fourth-order valence-corrected chi connectivity index (χ4v) is 2.05. The van der Waals surface area contributed by atoms with Gasteiger partial charge < -0.3 is 9.73 Å². The van der Waals surface area contributed by atoms with Gasteiger partial charge in [0.1, 0.15) is 0 Å². The molecular formula is C5H14N3O3P. The maximum absolute atomic E-state index is 11.4. The Kier molecular flexibility index (Phi) is 3.22. The van der Waals surface area contributed by atoms with E-state index in [0.29, 0.717) is 26.2 Å². The number of nitrogens with two attached hydrogens (primary N) is 1. The molecule has 0 saturated carbocycles. The van der Waals surface area contributed by atoms with Crippen LogP contribution in [0.3, 0.4) is 0 Å². The third-order valence-electron chi connectivity index (χ3n) is 1.89. The molecule has 0 radical (unpaired) electrons. The molecule has 1 aliphatic rings. The third-order valence-corrected chi connectivity index (χ3v) is 3.60. The van der Waals surface area contributed by atoms with Crippen LogP contribution in [0.25, 0.3) is 0 Å². The first kappa shape index (κ1) is 10.1. The predicted molar refractivity (Wildman–Crippen MR) is 43.7 cm³/mol. The van der Waals surface area contributed by atoms with Crippen LogP contribution >= 0.6 is 7.67 Å². The summed E-state index contributed by atoms with van der Waals surface area (Å²) in [5, 5.41) is 10.2. The molecule has 1 aliphatic heterocycles. The molecule has 1 atom stereocenters. The zero-order valence-electron chi connectivity index (χ0n) is 7.01. The van der Waals surface area contributed by atoms with E-state index in [0.717, 1.165) is 0 Å². The van der Waals surface area contributed by atoms with Crippen LogP contribution in [0.2, 0.25) is 0 Å². The average Bonchev–Trinajstić information content (AvgIpc) is 2.05. The van der Waals surface area contributed by atoms with Crippen molar-refractivity contribution in [1.82, 2.24) is 9.73 Å². The van der Waals surface area contributed by atoms with E-state index in [1.807, 2.05) is 0 Å². The van der Waals surface area contributed by atoms with Crippen molar-refractivity contribution in [3.63, 3.8) is 0 Å². The van der Waals surface area contributed by atoms with Crippen LogP contribution in [0, 0.1) is 0 Å². The monoisotopic (exact) mass is 195 g/mol. The van der Waals surface area contributed by atoms with E-state index in [4.69, 9.17) is 10.7 Å². The first-order chi connectivity index (χ1) is 5.56. The van der Waals surface area contributed by atoms with Gasteiger partial charge in [0, 0.05) is 33.3 Å². The molecule has 6 nitrogen and oxygen atoms in total. The Morgan fingerprint density at radius 3 is 2.33 bits per heavy atom. The molecule has 1 rings (SSSR count). The van der Waals surface area contributed by atoms with Gasteiger partial charge in [0.05, 0.1) is 0 Å². The molecule has 72 valence electrons. The fraction of sp³-hybridized carbons (Fsp3) is 1.00. The average molecular weight is 195 g/mol. The SMILES string of the molecule is COP(N)(=O)N1CCN(O)CC1. The molecule has 0 aromatic heterocycles. The maximum atomic E-state index is 11.4. The molecule has 1 saturated heterocycles. The number of piperazine rings is 1. The van der Waals surface area contributed by atoms with Crippen LogP contribution < -0.4 is 5.50 Å². The van der Waals surface area contributed by atoms with Crippen LogP contribution in [-0.2, 0) is 9.09 Å². The number of hydroxylamine groups is 2. The predicted octanol–water partition coefficient (Wildman–Crippen LogP) is -0.294. The number of hydrogen-bond donors (Lipinski definition) is 2. The molecule has 0 spiro atoms. The van der Waals surface area contributed by atoms with Crippen LogP contribution in [0.4, 0.5) is 0 Å². The summed E-state index contributed by atoms with van der Waals surface area (Å²) < 4.78 is 17.7. The van der Waals surface area contributed by atoms with E-state index < -0.39 is 7.67 Å². The van der Waals surface area contributed by atoms with Gasteiger partial charge in [0.15, 0.2) is 0 Å². The third kappa shape index (κ3) is 2.26. The molecule has 0 amide bonds. The molecule has 1 heterocycles. The summed E-state index contributed by atoms with van der Waals surface area (Å²) in [5.74, 6) is 0. The van der Waals surface area contributed by atoms with Crippen LogP contribution in [0.15, 0.2) is 0 Å². The minimum atomic E-state index is -3.08. The van der Waals surface area contributed by atoms with Crippen molar-refractivity contribution in [2.24, 2.45) is 5.50 Å². The number of hydrogen-bond acceptors (Lipinski definition) is 4. The molecule has 12 heavy (non-hydrogen) atoms. The Bertz CT molecular complexity index is 192. The van der Waals surface area contributed by atoms with E-state index in [1.54, 1.807) is 4.67 Å². The number of rotatable bonds is 2. The maximum Gasteiger partial charge on any atom is 0.340 e. The second-order valence-electron chi connectivity index (χ2n) is 2.65. The van der Waals surface area contributed by atoms with Crippen molar-refractivity contribution >= 4 is 7.67 Å². The zero-order valence-corrected chi connectivity index (χ0v) is 7.91. The Morgan fingerprint density at radius 2 is 1.92 bits per heavy atom. The standard InChI is InChI=1S/C5H14N3O3P/c1-11-12(6,10)8-4-2-7(9)3-5-8/h9H,2-5H2,1H3,(H2,6,10). The quantitative estimate of drug-likeness (QED) is 0.589. The Hall–Kier alpha value is 0.0300. The Morgan fingerprint density at radius 1 is 1.42 bits per heavy atom. The molecule has 0 aromatic rings. The molecule has 0 aromatic carbocycles. The summed E-state index contributed by atoms with van der Waals surface area (Å²) in [6.07, 6.45) is 0. The van der Waals surface area contributed by atoms with Gasteiger partial charge in [0.2, 0.25) is 0 Å². The van der Waals surface area contributed by atoms with Gasteiger partial charge in [-0.2, -0.15) is 5.06 Å². The molecule has 0 bridgehead atoms. The van der Waals surface area contributed by atoms with E-state index in [-0.39, 0.29) is 0 Å². The smallest absolute Gasteiger partial charge is 0.314 e. The van der Waals surface area contributed by atoms with Gasteiger partial charge in [-0.1, -0.05) is 0 Å². The number of nitrogens with zero attached hydrogens (tertiary/aromatic N) is 2. The second-order valence-corrected chi connectivity index (χ2v) is 4.71. The van der Waals surface area contributed by atoms with E-state index >= 15 is 0 Å². The lowest BCUT2D eigenvalue weighted by Gasteiger charge is -2.33. The molecular weight excluding hydrogens is 181 g/mol. The van der Waals surface area contributed by atoms with Gasteiger partial charge in [0.25, 0.3) is 0 Å². The van der Waals surface area contributed by atoms with E-state index in [9.17, 15) is 4.57 Å². The Labute approximate surface area is 71.4 Å². The van der Waals surface area contributed by atoms with Gasteiger partial charge in [-0.3, -0.25) is 4.57 Å². The Balaban J connectivity index is 2.50. The fourth-order valence-electron chi connectivity index (χ4n) is 1.08. The zero-order chi connectivity index (χ0) is 9.19. The highest BCUT2D eigenvalue weighted by atomic mass is 31.2. The molecule has 1 fully saturated rings. The van der Waals surface area contributed by atoms with Crippen molar-refractivity contribution in [1.29, 1.82) is 0 Å². The van der Waals surface area contributed by atoms with Gasteiger partial charge >= 0.3 is 7.67 Å². The molecule has 1 unspecified atom stereocenters. The van der Waals surface area contributed by atoms with Crippen LogP contribution in [-0.4, -0.2) is 48.2 Å². The summed E-state index contributed by atoms with van der Waals surface area (Å²) >= 11 is 0. The highest BCUT2D eigenvalue weighted by Crippen LogP contribution is 2.41. The van der Waals surface area contributed by atoms with Crippen molar-refractivity contribution in [3.8, 4) is 0 Å². The summed E-state index contributed by atoms with van der Waals surface area (Å²) in [6, 6.07) is 0. The van der Waals surface area contributed by atoms with Gasteiger partial charge in [-0.15, -0.1) is 0 Å². The van der Waals surface area contributed by atoms with Crippen molar-refractivity contribution in [2.45, 2.75) is 0 Å².